The van der Waals surface area contributed by atoms with E-state index in [9.17, 15) is 4.79 Å². The molecule has 184 valence electrons. The maximum Gasteiger partial charge on any atom is 0.188 e. The summed E-state index contributed by atoms with van der Waals surface area (Å²) in [5.74, 6) is -0.0816. The summed E-state index contributed by atoms with van der Waals surface area (Å²) >= 11 is 1.53. The summed E-state index contributed by atoms with van der Waals surface area (Å²) in [6.07, 6.45) is 16.3. The third-order valence-corrected chi connectivity index (χ3v) is 8.61. The molecule has 2 unspecified atom stereocenters. The maximum atomic E-state index is 14.0. The minimum atomic E-state index is -0.255. The number of carbonyl (C=O) groups excluding carboxylic acids is 1. The molecule has 0 bridgehead atoms. The molecule has 1 N–H and O–H groups in total. The van der Waals surface area contributed by atoms with Crippen molar-refractivity contribution in [2.24, 2.45) is 5.92 Å². The molecule has 3 aromatic carbocycles. The summed E-state index contributed by atoms with van der Waals surface area (Å²) in [4.78, 5) is 18.7. The second-order valence-corrected chi connectivity index (χ2v) is 10.8. The average Bonchev–Trinajstić information content (AvgIpc) is 3.32. The van der Waals surface area contributed by atoms with Crippen molar-refractivity contribution in [3.05, 3.63) is 136 Å². The van der Waals surface area contributed by atoms with Gasteiger partial charge in [-0.05, 0) is 57.7 Å². The standard InChI is InChI=1S/C34H26N2OS/c37-33(32-21-38-34(36-32)23-10-3-1-4-11-23)24-19-29-27-15-14-22-9-6-7-12-25(22)26(27)16-17-28(29)30(20-24)31-13-5-2-8-18-35-31/h1-13,15-19,21,24,30,35H,14,20H2. The van der Waals surface area contributed by atoms with E-state index in [1.54, 1.807) is 0 Å². The number of carbonyl (C=O) groups is 1. The Morgan fingerprint density at radius 2 is 1.76 bits per heavy atom. The molecule has 1 aromatic heterocycles. The zero-order valence-corrected chi connectivity index (χ0v) is 21.6. The molecule has 38 heavy (non-hydrogen) atoms. The summed E-state index contributed by atoms with van der Waals surface area (Å²) in [6, 6.07) is 23.2. The van der Waals surface area contributed by atoms with Gasteiger partial charge in [-0.15, -0.1) is 11.3 Å². The largest absolute Gasteiger partial charge is 0.364 e. The average molecular weight is 511 g/mol. The van der Waals surface area contributed by atoms with Crippen LogP contribution in [-0.2, 0) is 6.42 Å². The first-order valence-electron chi connectivity index (χ1n) is 13.0. The molecule has 7 rings (SSSR count). The van der Waals surface area contributed by atoms with Crippen LogP contribution in [0.5, 0.6) is 0 Å². The van der Waals surface area contributed by atoms with Gasteiger partial charge in [0.1, 0.15) is 10.7 Å². The Kier molecular flexibility index (Phi) is 5.75. The van der Waals surface area contributed by atoms with Gasteiger partial charge in [0.2, 0.25) is 0 Å². The number of nitrogens with one attached hydrogen (secondary N) is 1. The fourth-order valence-electron chi connectivity index (χ4n) is 5.88. The lowest BCUT2D eigenvalue weighted by atomic mass is 9.76. The summed E-state index contributed by atoms with van der Waals surface area (Å²) in [5, 5.41) is 8.71. The van der Waals surface area contributed by atoms with Crippen LogP contribution in [0.3, 0.4) is 0 Å². The number of ketones is 1. The molecule has 2 heterocycles. The minimum Gasteiger partial charge on any atom is -0.364 e. The van der Waals surface area contributed by atoms with E-state index in [0.717, 1.165) is 22.7 Å². The topological polar surface area (TPSA) is 42.0 Å². The highest BCUT2D eigenvalue weighted by Gasteiger charge is 2.32. The van der Waals surface area contributed by atoms with Gasteiger partial charge in [0.05, 0.1) is 0 Å². The number of rotatable bonds is 4. The van der Waals surface area contributed by atoms with Gasteiger partial charge < -0.3 is 5.32 Å². The van der Waals surface area contributed by atoms with Gasteiger partial charge in [0.15, 0.2) is 5.78 Å². The fraction of sp³-hybridized carbons (Fsp3) is 0.118. The Morgan fingerprint density at radius 1 is 0.895 bits per heavy atom. The normalized spacial score (nSPS) is 19.0. The first kappa shape index (κ1) is 22.9. The second-order valence-electron chi connectivity index (χ2n) is 9.94. The van der Waals surface area contributed by atoms with Crippen molar-refractivity contribution < 1.29 is 4.79 Å². The number of hydrogen-bond donors (Lipinski definition) is 1. The van der Waals surface area contributed by atoms with Crippen molar-refractivity contribution in [3.63, 3.8) is 0 Å². The molecule has 1 aliphatic heterocycles. The molecule has 0 saturated carbocycles. The van der Waals surface area contributed by atoms with Crippen molar-refractivity contribution in [3.8, 4) is 21.7 Å². The van der Waals surface area contributed by atoms with E-state index < -0.39 is 0 Å². The monoisotopic (exact) mass is 510 g/mol. The minimum absolute atomic E-state index is 0.0828. The Hall–Kier alpha value is -4.28. The van der Waals surface area contributed by atoms with E-state index in [4.69, 9.17) is 4.98 Å². The van der Waals surface area contributed by atoms with Crippen LogP contribution < -0.4 is 15.8 Å². The van der Waals surface area contributed by atoms with Crippen LogP contribution in [0, 0.1) is 5.92 Å². The van der Waals surface area contributed by atoms with Gasteiger partial charge in [0.25, 0.3) is 0 Å². The molecule has 3 nitrogen and oxygen atoms in total. The predicted octanol–water partition coefficient (Wildman–Crippen LogP) is 6.14. The quantitative estimate of drug-likeness (QED) is 0.336. The first-order chi connectivity index (χ1) is 18.8. The van der Waals surface area contributed by atoms with Gasteiger partial charge >= 0.3 is 0 Å². The molecule has 0 spiro atoms. The molecule has 4 aromatic rings. The zero-order chi connectivity index (χ0) is 25.5. The van der Waals surface area contributed by atoms with E-state index in [0.29, 0.717) is 12.1 Å². The van der Waals surface area contributed by atoms with Crippen molar-refractivity contribution in [1.29, 1.82) is 0 Å². The van der Waals surface area contributed by atoms with Gasteiger partial charge in [0, 0.05) is 34.7 Å². The number of allylic oxidation sites excluding steroid dienone is 5. The van der Waals surface area contributed by atoms with Crippen molar-refractivity contribution in [2.45, 2.75) is 18.8 Å². The van der Waals surface area contributed by atoms with Crippen LogP contribution in [0.15, 0.2) is 108 Å². The van der Waals surface area contributed by atoms with Crippen LogP contribution in [0.2, 0.25) is 0 Å². The molecular formula is C34H26N2OS. The van der Waals surface area contributed by atoms with Gasteiger partial charge in [-0.25, -0.2) is 4.98 Å². The van der Waals surface area contributed by atoms with Gasteiger partial charge in [-0.2, -0.15) is 0 Å². The van der Waals surface area contributed by atoms with Crippen LogP contribution in [0.1, 0.15) is 34.0 Å². The highest BCUT2D eigenvalue weighted by molar-refractivity contribution is 7.13. The molecule has 3 aliphatic rings. The number of aromatic nitrogens is 1. The Labute approximate surface area is 225 Å². The molecule has 0 amide bonds. The van der Waals surface area contributed by atoms with Gasteiger partial charge in [-0.3, -0.25) is 4.79 Å². The maximum absolute atomic E-state index is 14.0. The number of hydrogen-bond acceptors (Lipinski definition) is 4. The number of Topliss-reactive ketones (excluding diaryl/α,β-unsaturated/α-hetero) is 1. The van der Waals surface area contributed by atoms with Crippen LogP contribution in [0.4, 0.5) is 0 Å². The number of benzene rings is 3. The molecule has 2 atom stereocenters. The fourth-order valence-corrected chi connectivity index (χ4v) is 6.69. The van der Waals surface area contributed by atoms with E-state index in [-0.39, 0.29) is 17.6 Å². The molecular weight excluding hydrogens is 484 g/mol. The third-order valence-electron chi connectivity index (χ3n) is 7.72. The first-order valence-corrected chi connectivity index (χ1v) is 13.9. The summed E-state index contributed by atoms with van der Waals surface area (Å²) in [6.45, 7) is 0. The molecule has 2 aliphatic carbocycles. The molecule has 0 radical (unpaired) electrons. The smallest absolute Gasteiger partial charge is 0.188 e. The Morgan fingerprint density at radius 3 is 2.68 bits per heavy atom. The zero-order valence-electron chi connectivity index (χ0n) is 20.8. The number of nitrogens with zero attached hydrogens (tertiary/aromatic N) is 1. The lowest BCUT2D eigenvalue weighted by Gasteiger charge is -2.29. The Balaban J connectivity index is 1.36. The summed E-state index contributed by atoms with van der Waals surface area (Å²) in [7, 11) is 0. The van der Waals surface area contributed by atoms with Crippen molar-refractivity contribution in [1.82, 2.24) is 10.3 Å². The van der Waals surface area contributed by atoms with E-state index >= 15 is 0 Å². The predicted molar refractivity (Wildman–Crippen MR) is 156 cm³/mol. The number of fused-ring (bicyclic) bond motifs is 5. The van der Waals surface area contributed by atoms with E-state index in [1.807, 2.05) is 54.1 Å². The van der Waals surface area contributed by atoms with E-state index in [1.165, 1.54) is 44.0 Å². The Bertz CT molecular complexity index is 1770. The number of thiazole rings is 1. The molecule has 4 heteroatoms. The van der Waals surface area contributed by atoms with Crippen LogP contribution in [-0.4, -0.2) is 10.8 Å². The molecule has 0 fully saturated rings. The lowest BCUT2D eigenvalue weighted by molar-refractivity contribution is 0.0939. The third kappa shape index (κ3) is 3.98. The van der Waals surface area contributed by atoms with Gasteiger partial charge in [-0.1, -0.05) is 91.0 Å². The summed E-state index contributed by atoms with van der Waals surface area (Å²) in [5.41, 5.74) is 7.86. The van der Waals surface area contributed by atoms with Crippen LogP contribution in [0.25, 0.3) is 33.9 Å². The summed E-state index contributed by atoms with van der Waals surface area (Å²) < 4.78 is 0. The van der Waals surface area contributed by atoms with Crippen molar-refractivity contribution in [2.75, 3.05) is 0 Å². The SMILES string of the molecule is O=C(c1csc(-c2ccccc2)n1)C1C=c2c(ccc3c2=CCc2ccccc2-3)C(C2=CC=CC=CN2)C1. The molecule has 0 saturated heterocycles. The highest BCUT2D eigenvalue weighted by Crippen LogP contribution is 2.35. The second kappa shape index (κ2) is 9.55. The highest BCUT2D eigenvalue weighted by atomic mass is 32.1. The van der Waals surface area contributed by atoms with E-state index in [2.05, 4.69) is 66.0 Å². The lowest BCUT2D eigenvalue weighted by Crippen LogP contribution is -2.40. The van der Waals surface area contributed by atoms with Crippen molar-refractivity contribution >= 4 is 29.3 Å². The van der Waals surface area contributed by atoms with Crippen LogP contribution >= 0.6 is 11.3 Å².